The van der Waals surface area contributed by atoms with Gasteiger partial charge in [-0.15, -0.1) is 0 Å². The Morgan fingerprint density at radius 3 is 2.25 bits per heavy atom. The molecule has 2 unspecified atom stereocenters. The van der Waals surface area contributed by atoms with Crippen LogP contribution in [0.4, 0.5) is 0 Å². The molecule has 1 aliphatic heterocycles. The highest BCUT2D eigenvalue weighted by Crippen LogP contribution is 2.25. The normalized spacial score (nSPS) is 49.2. The van der Waals surface area contributed by atoms with Crippen molar-refractivity contribution < 1.29 is 20.1 Å². The van der Waals surface area contributed by atoms with Gasteiger partial charge in [-0.05, 0) is 6.92 Å². The molecule has 1 rings (SSSR count). The Morgan fingerprint density at radius 1 is 1.17 bits per heavy atom. The summed E-state index contributed by atoms with van der Waals surface area (Å²) in [7, 11) is 0. The Bertz CT molecular complexity index is 145. The van der Waals surface area contributed by atoms with Crippen LogP contribution < -0.4 is 0 Å². The topological polar surface area (TPSA) is 69.9 Å². The quantitative estimate of drug-likeness (QED) is 0.485. The smallest absolute Gasteiger partial charge is 0.109 e. The van der Waals surface area contributed by atoms with E-state index in [1.807, 2.05) is 13.8 Å². The van der Waals surface area contributed by atoms with Gasteiger partial charge in [0.2, 0.25) is 0 Å². The predicted molar refractivity (Wildman–Crippen MR) is 42.6 cm³/mol. The molecule has 0 saturated carbocycles. The van der Waals surface area contributed by atoms with Crippen LogP contribution in [0.5, 0.6) is 0 Å². The van der Waals surface area contributed by atoms with Gasteiger partial charge in [-0.3, -0.25) is 0 Å². The molecule has 1 fully saturated rings. The molecule has 12 heavy (non-hydrogen) atoms. The minimum absolute atomic E-state index is 0.0946. The largest absolute Gasteiger partial charge is 0.394 e. The summed E-state index contributed by atoms with van der Waals surface area (Å²) in [6, 6.07) is 0. The highest BCUT2D eigenvalue weighted by molar-refractivity contribution is 4.87. The third kappa shape index (κ3) is 1.61. The maximum atomic E-state index is 9.48. The molecule has 0 aromatic rings. The molecule has 0 aromatic heterocycles. The Labute approximate surface area is 71.8 Å². The molecule has 1 saturated heterocycles. The molecule has 1 heterocycles. The number of ether oxygens (including phenoxy) is 1. The fraction of sp³-hybridized carbons (Fsp3) is 1.00. The van der Waals surface area contributed by atoms with Gasteiger partial charge in [-0.1, -0.05) is 6.92 Å². The fourth-order valence-electron chi connectivity index (χ4n) is 1.44. The van der Waals surface area contributed by atoms with Gasteiger partial charge in [-0.25, -0.2) is 0 Å². The second-order valence-corrected chi connectivity index (χ2v) is 3.40. The molecule has 72 valence electrons. The van der Waals surface area contributed by atoms with Crippen LogP contribution in [0, 0.1) is 5.92 Å². The molecular formula is C8H16O4. The summed E-state index contributed by atoms with van der Waals surface area (Å²) in [4.78, 5) is 0. The molecule has 0 radical (unpaired) electrons. The van der Waals surface area contributed by atoms with Crippen LogP contribution in [-0.4, -0.2) is 46.3 Å². The Morgan fingerprint density at radius 2 is 1.75 bits per heavy atom. The average Bonchev–Trinajstić information content (AvgIpc) is 2.08. The second kappa shape index (κ2) is 3.70. The maximum absolute atomic E-state index is 9.48. The van der Waals surface area contributed by atoms with E-state index in [9.17, 15) is 10.2 Å². The number of hydrogen-bond donors (Lipinski definition) is 3. The summed E-state index contributed by atoms with van der Waals surface area (Å²) < 4.78 is 5.27. The van der Waals surface area contributed by atoms with Crippen LogP contribution in [0.15, 0.2) is 0 Å². The van der Waals surface area contributed by atoms with E-state index < -0.39 is 18.3 Å². The summed E-state index contributed by atoms with van der Waals surface area (Å²) >= 11 is 0. The third-order valence-electron chi connectivity index (χ3n) is 2.58. The molecule has 0 bridgehead atoms. The number of aliphatic hydroxyl groups excluding tert-OH is 3. The molecule has 0 aromatic carbocycles. The number of aliphatic hydroxyl groups is 3. The van der Waals surface area contributed by atoms with E-state index in [1.54, 1.807) is 0 Å². The first-order chi connectivity index (χ1) is 5.57. The molecule has 4 nitrogen and oxygen atoms in total. The van der Waals surface area contributed by atoms with Crippen LogP contribution in [0.25, 0.3) is 0 Å². The summed E-state index contributed by atoms with van der Waals surface area (Å²) in [5, 5.41) is 27.7. The highest BCUT2D eigenvalue weighted by Gasteiger charge is 2.39. The van der Waals surface area contributed by atoms with Crippen molar-refractivity contribution in [2.45, 2.75) is 38.3 Å². The molecule has 0 spiro atoms. The van der Waals surface area contributed by atoms with E-state index in [0.29, 0.717) is 0 Å². The number of rotatable bonds is 1. The lowest BCUT2D eigenvalue weighted by molar-refractivity contribution is -0.200. The Hall–Kier alpha value is -0.160. The van der Waals surface area contributed by atoms with Gasteiger partial charge in [0.15, 0.2) is 0 Å². The second-order valence-electron chi connectivity index (χ2n) is 3.40. The van der Waals surface area contributed by atoms with E-state index in [0.717, 1.165) is 0 Å². The molecular weight excluding hydrogens is 160 g/mol. The van der Waals surface area contributed by atoms with Gasteiger partial charge in [0, 0.05) is 5.92 Å². The van der Waals surface area contributed by atoms with Crippen molar-refractivity contribution in [2.24, 2.45) is 5.92 Å². The van der Waals surface area contributed by atoms with Crippen molar-refractivity contribution in [3.63, 3.8) is 0 Å². The van der Waals surface area contributed by atoms with Crippen molar-refractivity contribution in [1.29, 1.82) is 0 Å². The van der Waals surface area contributed by atoms with Gasteiger partial charge in [0.1, 0.15) is 12.2 Å². The minimum atomic E-state index is -0.971. The summed E-state index contributed by atoms with van der Waals surface area (Å²) in [5.41, 5.74) is 0. The Balaban J connectivity index is 2.63. The van der Waals surface area contributed by atoms with E-state index in [-0.39, 0.29) is 18.6 Å². The van der Waals surface area contributed by atoms with E-state index in [4.69, 9.17) is 9.84 Å². The molecule has 5 atom stereocenters. The lowest BCUT2D eigenvalue weighted by atomic mass is 9.89. The molecule has 3 N–H and O–H groups in total. The van der Waals surface area contributed by atoms with Gasteiger partial charge in [0.25, 0.3) is 0 Å². The van der Waals surface area contributed by atoms with Crippen LogP contribution >= 0.6 is 0 Å². The summed E-state index contributed by atoms with van der Waals surface area (Å²) in [6.07, 6.45) is -2.54. The number of hydrogen-bond acceptors (Lipinski definition) is 4. The summed E-state index contributed by atoms with van der Waals surface area (Å²) in [5.74, 6) is -0.0946. The molecule has 0 amide bonds. The van der Waals surface area contributed by atoms with Gasteiger partial charge >= 0.3 is 0 Å². The predicted octanol–water partition coefficient (Wildman–Crippen LogP) is -0.876. The lowest BCUT2D eigenvalue weighted by Crippen LogP contribution is -2.53. The van der Waals surface area contributed by atoms with Gasteiger partial charge in [-0.2, -0.15) is 0 Å². The van der Waals surface area contributed by atoms with Crippen molar-refractivity contribution in [1.82, 2.24) is 0 Å². The van der Waals surface area contributed by atoms with Crippen LogP contribution in [0.1, 0.15) is 13.8 Å². The third-order valence-corrected chi connectivity index (χ3v) is 2.58. The average molecular weight is 176 g/mol. The van der Waals surface area contributed by atoms with Crippen LogP contribution in [0.2, 0.25) is 0 Å². The fourth-order valence-corrected chi connectivity index (χ4v) is 1.44. The maximum Gasteiger partial charge on any atom is 0.109 e. The highest BCUT2D eigenvalue weighted by atomic mass is 16.5. The van der Waals surface area contributed by atoms with E-state index in [2.05, 4.69) is 0 Å². The van der Waals surface area contributed by atoms with E-state index in [1.165, 1.54) is 0 Å². The van der Waals surface area contributed by atoms with E-state index >= 15 is 0 Å². The molecule has 1 aliphatic rings. The molecule has 0 aliphatic carbocycles. The van der Waals surface area contributed by atoms with Gasteiger partial charge < -0.3 is 20.1 Å². The van der Waals surface area contributed by atoms with Crippen molar-refractivity contribution in [2.75, 3.05) is 6.61 Å². The zero-order valence-corrected chi connectivity index (χ0v) is 7.34. The Kier molecular flexibility index (Phi) is 3.06. The standard InChI is InChI=1S/C8H16O4/c1-4-5(2)12-6(3-9)8(11)7(4)10/h4-11H,3H2,1-2H3/t4?,5-,6+,7?,8-/m1/s1. The monoisotopic (exact) mass is 176 g/mol. The first-order valence-corrected chi connectivity index (χ1v) is 4.20. The first-order valence-electron chi connectivity index (χ1n) is 4.20. The van der Waals surface area contributed by atoms with Crippen LogP contribution in [-0.2, 0) is 4.74 Å². The lowest BCUT2D eigenvalue weighted by Gasteiger charge is -2.39. The van der Waals surface area contributed by atoms with Crippen molar-refractivity contribution in [3.8, 4) is 0 Å². The molecule has 4 heteroatoms. The zero-order valence-electron chi connectivity index (χ0n) is 7.34. The minimum Gasteiger partial charge on any atom is -0.394 e. The zero-order chi connectivity index (χ0) is 9.30. The SMILES string of the molecule is CC1C(O)[C@H](O)[C@H](CO)O[C@@H]1C. The van der Waals surface area contributed by atoms with Gasteiger partial charge in [0.05, 0.1) is 18.8 Å². The van der Waals surface area contributed by atoms with Crippen molar-refractivity contribution in [3.05, 3.63) is 0 Å². The summed E-state index contributed by atoms with van der Waals surface area (Å²) in [6.45, 7) is 3.38. The van der Waals surface area contributed by atoms with Crippen LogP contribution in [0.3, 0.4) is 0 Å². The first kappa shape index (κ1) is 9.92. The van der Waals surface area contributed by atoms with Crippen molar-refractivity contribution >= 4 is 0 Å².